The third-order valence-corrected chi connectivity index (χ3v) is 4.11. The van der Waals surface area contributed by atoms with E-state index in [0.29, 0.717) is 37.4 Å². The van der Waals surface area contributed by atoms with Gasteiger partial charge >= 0.3 is 0 Å². The molecule has 25 heavy (non-hydrogen) atoms. The molecule has 1 amide bonds. The number of nitrogens with zero attached hydrogens (tertiary/aromatic N) is 2. The molecule has 1 fully saturated rings. The lowest BCUT2D eigenvalue weighted by Gasteiger charge is -2.35. The van der Waals surface area contributed by atoms with Crippen LogP contribution in [0.5, 0.6) is 0 Å². The van der Waals surface area contributed by atoms with Gasteiger partial charge in [0.1, 0.15) is 6.17 Å². The van der Waals surface area contributed by atoms with Gasteiger partial charge in [-0.25, -0.2) is 0 Å². The Labute approximate surface area is 145 Å². The first-order valence-corrected chi connectivity index (χ1v) is 8.07. The molecule has 1 heterocycles. The molecule has 7 heteroatoms. The largest absolute Gasteiger partial charge is 0.379 e. The number of amides is 1. The summed E-state index contributed by atoms with van der Waals surface area (Å²) in [5, 5.41) is 14.1. The number of carbonyl (C=O) groups is 1. The molecular formula is C18H19N3O4. The highest BCUT2D eigenvalue weighted by molar-refractivity contribution is 5.94. The van der Waals surface area contributed by atoms with Crippen LogP contribution in [0.4, 0.5) is 5.69 Å². The number of benzene rings is 2. The molecule has 7 nitrogen and oxygen atoms in total. The van der Waals surface area contributed by atoms with Gasteiger partial charge in [-0.3, -0.25) is 19.8 Å². The van der Waals surface area contributed by atoms with Crippen molar-refractivity contribution in [2.75, 3.05) is 26.3 Å². The van der Waals surface area contributed by atoms with Crippen molar-refractivity contribution in [2.24, 2.45) is 0 Å². The zero-order chi connectivity index (χ0) is 17.6. The third-order valence-electron chi connectivity index (χ3n) is 4.11. The second-order valence-electron chi connectivity index (χ2n) is 5.74. The fraction of sp³-hybridized carbons (Fsp3) is 0.278. The van der Waals surface area contributed by atoms with E-state index >= 15 is 0 Å². The maximum Gasteiger partial charge on any atom is 0.269 e. The number of non-ortho nitro benzene ring substituents is 1. The Balaban J connectivity index is 1.88. The van der Waals surface area contributed by atoms with Crippen molar-refractivity contribution in [1.29, 1.82) is 0 Å². The van der Waals surface area contributed by atoms with Crippen LogP contribution in [-0.4, -0.2) is 42.0 Å². The third kappa shape index (κ3) is 4.20. The van der Waals surface area contributed by atoms with Gasteiger partial charge in [0.05, 0.1) is 18.1 Å². The second-order valence-corrected chi connectivity index (χ2v) is 5.74. The van der Waals surface area contributed by atoms with Gasteiger partial charge < -0.3 is 10.1 Å². The lowest BCUT2D eigenvalue weighted by atomic mass is 10.1. The van der Waals surface area contributed by atoms with Gasteiger partial charge in [0, 0.05) is 30.8 Å². The van der Waals surface area contributed by atoms with E-state index in [2.05, 4.69) is 10.2 Å². The van der Waals surface area contributed by atoms with Crippen LogP contribution >= 0.6 is 0 Å². The molecule has 130 valence electrons. The number of nitro groups is 1. The molecule has 1 atom stereocenters. The Morgan fingerprint density at radius 1 is 1.12 bits per heavy atom. The van der Waals surface area contributed by atoms with Crippen LogP contribution in [0.25, 0.3) is 0 Å². The zero-order valence-corrected chi connectivity index (χ0v) is 13.6. The Kier molecular flexibility index (Phi) is 5.37. The average Bonchev–Trinajstić information content (AvgIpc) is 2.67. The van der Waals surface area contributed by atoms with Crippen molar-refractivity contribution in [3.8, 4) is 0 Å². The van der Waals surface area contributed by atoms with E-state index in [1.54, 1.807) is 36.4 Å². The van der Waals surface area contributed by atoms with Gasteiger partial charge in [-0.2, -0.15) is 0 Å². The lowest BCUT2D eigenvalue weighted by molar-refractivity contribution is -0.385. The maximum atomic E-state index is 12.6. The Bertz CT molecular complexity index is 745. The normalized spacial score (nSPS) is 16.2. The van der Waals surface area contributed by atoms with Crippen molar-refractivity contribution in [1.82, 2.24) is 10.2 Å². The summed E-state index contributed by atoms with van der Waals surface area (Å²) in [5.41, 5.74) is 1.23. The molecular weight excluding hydrogens is 322 g/mol. The minimum absolute atomic E-state index is 0.00437. The van der Waals surface area contributed by atoms with Gasteiger partial charge in [0.25, 0.3) is 11.6 Å². The Morgan fingerprint density at radius 2 is 1.84 bits per heavy atom. The number of hydrogen-bond donors (Lipinski definition) is 1. The van der Waals surface area contributed by atoms with Crippen molar-refractivity contribution >= 4 is 11.6 Å². The molecule has 0 saturated carbocycles. The van der Waals surface area contributed by atoms with Crippen LogP contribution in [0, 0.1) is 10.1 Å². The summed E-state index contributed by atoms with van der Waals surface area (Å²) in [6.07, 6.45) is -0.448. The number of rotatable bonds is 5. The van der Waals surface area contributed by atoms with E-state index in [-0.39, 0.29) is 11.6 Å². The number of nitrogens with one attached hydrogen (secondary N) is 1. The molecule has 0 aliphatic carbocycles. The van der Waals surface area contributed by atoms with E-state index in [1.807, 2.05) is 6.07 Å². The van der Waals surface area contributed by atoms with Gasteiger partial charge in [0.15, 0.2) is 0 Å². The standard InChI is InChI=1S/C18H19N3O4/c22-18(14-5-2-1-3-6-14)19-17(20-9-11-25-12-10-20)15-7-4-8-16(13-15)21(23)24/h1-8,13,17H,9-12H2,(H,19,22). The molecule has 1 aliphatic rings. The summed E-state index contributed by atoms with van der Waals surface area (Å²) < 4.78 is 5.37. The molecule has 2 aromatic rings. The summed E-state index contributed by atoms with van der Waals surface area (Å²) >= 11 is 0. The van der Waals surface area contributed by atoms with Crippen molar-refractivity contribution in [3.63, 3.8) is 0 Å². The Hall–Kier alpha value is -2.77. The smallest absolute Gasteiger partial charge is 0.269 e. The predicted octanol–water partition coefficient (Wildman–Crippen LogP) is 2.36. The first-order chi connectivity index (χ1) is 12.1. The van der Waals surface area contributed by atoms with Crippen LogP contribution in [0.15, 0.2) is 54.6 Å². The van der Waals surface area contributed by atoms with Gasteiger partial charge in [-0.05, 0) is 17.7 Å². The van der Waals surface area contributed by atoms with E-state index in [4.69, 9.17) is 4.74 Å². The number of morpholine rings is 1. The molecule has 0 aromatic heterocycles. The van der Waals surface area contributed by atoms with Crippen molar-refractivity contribution in [3.05, 3.63) is 75.8 Å². The molecule has 3 rings (SSSR count). The minimum Gasteiger partial charge on any atom is -0.379 e. The highest BCUT2D eigenvalue weighted by Crippen LogP contribution is 2.23. The Morgan fingerprint density at radius 3 is 2.52 bits per heavy atom. The minimum atomic E-state index is -0.448. The topological polar surface area (TPSA) is 84.7 Å². The van der Waals surface area contributed by atoms with Crippen molar-refractivity contribution < 1.29 is 14.5 Å². The molecule has 0 spiro atoms. The fourth-order valence-electron chi connectivity index (χ4n) is 2.83. The summed E-state index contributed by atoms with van der Waals surface area (Å²) in [6, 6.07) is 15.3. The van der Waals surface area contributed by atoms with E-state index in [0.717, 1.165) is 0 Å². The van der Waals surface area contributed by atoms with Crippen LogP contribution < -0.4 is 5.32 Å². The number of ether oxygens (including phenoxy) is 1. The fourth-order valence-corrected chi connectivity index (χ4v) is 2.83. The molecule has 0 bridgehead atoms. The molecule has 1 unspecified atom stereocenters. The summed E-state index contributed by atoms with van der Waals surface area (Å²) in [4.78, 5) is 25.3. The molecule has 1 aliphatic heterocycles. The van der Waals surface area contributed by atoms with Crippen LogP contribution in [0.3, 0.4) is 0 Å². The number of hydrogen-bond acceptors (Lipinski definition) is 5. The number of nitro benzene ring substituents is 1. The monoisotopic (exact) mass is 341 g/mol. The quantitative estimate of drug-likeness (QED) is 0.666. The molecule has 1 N–H and O–H groups in total. The van der Waals surface area contributed by atoms with E-state index in [9.17, 15) is 14.9 Å². The molecule has 2 aromatic carbocycles. The van der Waals surface area contributed by atoms with E-state index in [1.165, 1.54) is 12.1 Å². The average molecular weight is 341 g/mol. The van der Waals surface area contributed by atoms with Gasteiger partial charge in [-0.15, -0.1) is 0 Å². The van der Waals surface area contributed by atoms with Crippen LogP contribution in [0.1, 0.15) is 22.1 Å². The summed E-state index contributed by atoms with van der Waals surface area (Å²) in [5.74, 6) is -0.219. The maximum absolute atomic E-state index is 12.6. The first kappa shape index (κ1) is 17.1. The van der Waals surface area contributed by atoms with E-state index < -0.39 is 11.1 Å². The SMILES string of the molecule is O=C(NC(c1cccc([N+](=O)[O-])c1)N1CCOCC1)c1ccccc1. The van der Waals surface area contributed by atoms with Gasteiger partial charge in [-0.1, -0.05) is 30.3 Å². The lowest BCUT2D eigenvalue weighted by Crippen LogP contribution is -2.46. The highest BCUT2D eigenvalue weighted by Gasteiger charge is 2.25. The summed E-state index contributed by atoms with van der Waals surface area (Å²) in [6.45, 7) is 2.41. The van der Waals surface area contributed by atoms with Crippen LogP contribution in [-0.2, 0) is 4.74 Å². The van der Waals surface area contributed by atoms with Crippen molar-refractivity contribution in [2.45, 2.75) is 6.17 Å². The molecule has 0 radical (unpaired) electrons. The summed E-state index contributed by atoms with van der Waals surface area (Å²) in [7, 11) is 0. The second kappa shape index (κ2) is 7.87. The zero-order valence-electron chi connectivity index (χ0n) is 13.6. The predicted molar refractivity (Wildman–Crippen MR) is 92.1 cm³/mol. The van der Waals surface area contributed by atoms with Crippen LogP contribution in [0.2, 0.25) is 0 Å². The highest BCUT2D eigenvalue weighted by atomic mass is 16.6. The molecule has 1 saturated heterocycles. The number of carbonyl (C=O) groups excluding carboxylic acids is 1. The van der Waals surface area contributed by atoms with Gasteiger partial charge in [0.2, 0.25) is 0 Å². The first-order valence-electron chi connectivity index (χ1n) is 8.07.